The smallest absolute Gasteiger partial charge is 0.182 e. The maximum Gasteiger partial charge on any atom is 0.182 e. The van der Waals surface area contributed by atoms with Crippen LogP contribution in [-0.2, 0) is 6.54 Å². The molecule has 0 bridgehead atoms. The summed E-state index contributed by atoms with van der Waals surface area (Å²) in [6, 6.07) is 12.6. The van der Waals surface area contributed by atoms with Crippen molar-refractivity contribution in [2.24, 2.45) is 0 Å². The van der Waals surface area contributed by atoms with Gasteiger partial charge in [0, 0.05) is 19.2 Å². The van der Waals surface area contributed by atoms with Crippen molar-refractivity contribution in [3.63, 3.8) is 0 Å². The summed E-state index contributed by atoms with van der Waals surface area (Å²) in [7, 11) is 1.77. The van der Waals surface area contributed by atoms with E-state index in [1.807, 2.05) is 30.3 Å². The van der Waals surface area contributed by atoms with Crippen LogP contribution in [0.3, 0.4) is 0 Å². The van der Waals surface area contributed by atoms with E-state index < -0.39 is 0 Å². The predicted molar refractivity (Wildman–Crippen MR) is 78.3 cm³/mol. The van der Waals surface area contributed by atoms with E-state index >= 15 is 0 Å². The summed E-state index contributed by atoms with van der Waals surface area (Å²) < 4.78 is 0. The van der Waals surface area contributed by atoms with Gasteiger partial charge in [0.2, 0.25) is 0 Å². The second-order valence-corrected chi connectivity index (χ2v) is 4.73. The molecule has 104 valence electrons. The van der Waals surface area contributed by atoms with E-state index in [4.69, 9.17) is 0 Å². The van der Waals surface area contributed by atoms with E-state index in [0.29, 0.717) is 17.8 Å². The molecular weight excluding hydrogens is 254 g/mol. The Bertz CT molecular complexity index is 623. The molecule has 2 N–H and O–H groups in total. The van der Waals surface area contributed by atoms with Crippen LogP contribution >= 0.6 is 0 Å². The number of benzene rings is 2. The Labute approximate surface area is 117 Å². The molecule has 0 radical (unpaired) electrons. The topological polar surface area (TPSA) is 60.8 Å². The van der Waals surface area contributed by atoms with E-state index in [1.54, 1.807) is 11.9 Å². The van der Waals surface area contributed by atoms with Crippen molar-refractivity contribution in [3.8, 4) is 11.5 Å². The maximum absolute atomic E-state index is 11.7. The first-order valence-electron chi connectivity index (χ1n) is 6.31. The summed E-state index contributed by atoms with van der Waals surface area (Å²) in [6.45, 7) is 1.96. The molecule has 0 saturated heterocycles. The molecule has 0 saturated carbocycles. The summed E-state index contributed by atoms with van der Waals surface area (Å²) in [6.07, 6.45) is 0. The summed E-state index contributed by atoms with van der Waals surface area (Å²) in [5, 5.41) is 19.7. The number of Topliss-reactive ketones (excluding diaryl/α,β-unsaturated/α-hetero) is 1. The number of carbonyl (C=O) groups excluding carboxylic acids is 1. The highest BCUT2D eigenvalue weighted by atomic mass is 16.3. The normalized spacial score (nSPS) is 10.3. The molecule has 0 aromatic heterocycles. The largest absolute Gasteiger partial charge is 0.504 e. The summed E-state index contributed by atoms with van der Waals surface area (Å²) in [4.78, 5) is 13.4. The van der Waals surface area contributed by atoms with Gasteiger partial charge in [0.1, 0.15) is 0 Å². The number of ketones is 1. The van der Waals surface area contributed by atoms with Gasteiger partial charge in [-0.3, -0.25) is 4.79 Å². The number of hydrogen-bond acceptors (Lipinski definition) is 4. The van der Waals surface area contributed by atoms with Gasteiger partial charge in [0.05, 0.1) is 5.69 Å². The summed E-state index contributed by atoms with van der Waals surface area (Å²) in [5.41, 5.74) is 1.78. The number of nitrogens with zero attached hydrogens (tertiary/aromatic N) is 1. The van der Waals surface area contributed by atoms with Crippen LogP contribution in [0.1, 0.15) is 22.8 Å². The van der Waals surface area contributed by atoms with Gasteiger partial charge in [-0.2, -0.15) is 0 Å². The number of carbonyl (C=O) groups is 1. The minimum atomic E-state index is -0.267. The van der Waals surface area contributed by atoms with Crippen LogP contribution in [0.4, 0.5) is 5.69 Å². The monoisotopic (exact) mass is 271 g/mol. The van der Waals surface area contributed by atoms with Crippen LogP contribution in [0.2, 0.25) is 0 Å². The van der Waals surface area contributed by atoms with Gasteiger partial charge >= 0.3 is 0 Å². The first-order valence-corrected chi connectivity index (χ1v) is 6.31. The second kappa shape index (κ2) is 5.65. The van der Waals surface area contributed by atoms with Gasteiger partial charge < -0.3 is 15.1 Å². The third-order valence-electron chi connectivity index (χ3n) is 3.15. The zero-order chi connectivity index (χ0) is 14.7. The Morgan fingerprint density at radius 1 is 1.10 bits per heavy atom. The van der Waals surface area contributed by atoms with Gasteiger partial charge in [-0.15, -0.1) is 0 Å². The van der Waals surface area contributed by atoms with Gasteiger partial charge in [-0.25, -0.2) is 0 Å². The molecular formula is C16H17NO3. The zero-order valence-corrected chi connectivity index (χ0v) is 11.5. The highest BCUT2D eigenvalue weighted by molar-refractivity contribution is 6.01. The molecule has 0 spiro atoms. The van der Waals surface area contributed by atoms with E-state index in [-0.39, 0.29) is 17.3 Å². The van der Waals surface area contributed by atoms with E-state index in [2.05, 4.69) is 0 Å². The standard InChI is InChI=1S/C16H17NO3/c1-11(18)13-8-9-14(19)16(20)15(13)17(2)10-12-6-4-3-5-7-12/h3-9,19-20H,10H2,1-2H3. The van der Waals surface area contributed by atoms with Gasteiger partial charge in [0.15, 0.2) is 17.3 Å². The number of anilines is 1. The Morgan fingerprint density at radius 3 is 2.35 bits per heavy atom. The van der Waals surface area contributed by atoms with E-state index in [0.717, 1.165) is 5.56 Å². The van der Waals surface area contributed by atoms with Crippen molar-refractivity contribution in [2.45, 2.75) is 13.5 Å². The lowest BCUT2D eigenvalue weighted by molar-refractivity contribution is 0.101. The fourth-order valence-corrected chi connectivity index (χ4v) is 2.18. The van der Waals surface area contributed by atoms with Crippen molar-refractivity contribution in [1.29, 1.82) is 0 Å². The Kier molecular flexibility index (Phi) is 3.94. The lowest BCUT2D eigenvalue weighted by Gasteiger charge is -2.23. The van der Waals surface area contributed by atoms with Crippen LogP contribution in [0.5, 0.6) is 11.5 Å². The third-order valence-corrected chi connectivity index (χ3v) is 3.15. The van der Waals surface area contributed by atoms with Gasteiger partial charge in [-0.05, 0) is 24.6 Å². The molecule has 0 atom stereocenters. The Balaban J connectivity index is 2.40. The molecule has 0 unspecified atom stereocenters. The molecule has 2 aromatic carbocycles. The fraction of sp³-hybridized carbons (Fsp3) is 0.188. The quantitative estimate of drug-likeness (QED) is 0.663. The Hall–Kier alpha value is -2.49. The van der Waals surface area contributed by atoms with Crippen molar-refractivity contribution < 1.29 is 15.0 Å². The molecule has 20 heavy (non-hydrogen) atoms. The molecule has 0 aliphatic heterocycles. The Morgan fingerprint density at radius 2 is 1.75 bits per heavy atom. The average Bonchev–Trinajstić information content (AvgIpc) is 2.42. The minimum absolute atomic E-state index is 0.157. The van der Waals surface area contributed by atoms with Crippen molar-refractivity contribution in [2.75, 3.05) is 11.9 Å². The minimum Gasteiger partial charge on any atom is -0.504 e. The van der Waals surface area contributed by atoms with Gasteiger partial charge in [-0.1, -0.05) is 30.3 Å². The van der Waals surface area contributed by atoms with Crippen LogP contribution < -0.4 is 4.90 Å². The first-order chi connectivity index (χ1) is 9.50. The molecule has 0 amide bonds. The molecule has 4 heteroatoms. The predicted octanol–water partition coefficient (Wildman–Crippen LogP) is 2.94. The molecule has 2 rings (SSSR count). The molecule has 4 nitrogen and oxygen atoms in total. The third kappa shape index (κ3) is 2.74. The zero-order valence-electron chi connectivity index (χ0n) is 11.5. The fourth-order valence-electron chi connectivity index (χ4n) is 2.18. The molecule has 0 aliphatic rings. The van der Waals surface area contributed by atoms with Crippen molar-refractivity contribution >= 4 is 11.5 Å². The lowest BCUT2D eigenvalue weighted by Crippen LogP contribution is -2.19. The molecule has 0 aliphatic carbocycles. The summed E-state index contributed by atoms with van der Waals surface area (Å²) >= 11 is 0. The highest BCUT2D eigenvalue weighted by Crippen LogP contribution is 2.39. The molecule has 2 aromatic rings. The van der Waals surface area contributed by atoms with Crippen LogP contribution in [0, 0.1) is 0 Å². The second-order valence-electron chi connectivity index (χ2n) is 4.73. The van der Waals surface area contributed by atoms with E-state index in [9.17, 15) is 15.0 Å². The number of aromatic hydroxyl groups is 2. The van der Waals surface area contributed by atoms with Crippen molar-refractivity contribution in [3.05, 3.63) is 53.6 Å². The van der Waals surface area contributed by atoms with Crippen molar-refractivity contribution in [1.82, 2.24) is 0 Å². The highest BCUT2D eigenvalue weighted by Gasteiger charge is 2.18. The maximum atomic E-state index is 11.7. The number of hydrogen-bond donors (Lipinski definition) is 2. The first kappa shape index (κ1) is 13.9. The van der Waals surface area contributed by atoms with E-state index in [1.165, 1.54) is 19.1 Å². The number of phenols is 2. The van der Waals surface area contributed by atoms with Crippen LogP contribution in [-0.4, -0.2) is 23.0 Å². The van der Waals surface area contributed by atoms with Crippen LogP contribution in [0.15, 0.2) is 42.5 Å². The SMILES string of the molecule is CC(=O)c1ccc(O)c(O)c1N(C)Cc1ccccc1. The molecule has 0 fully saturated rings. The average molecular weight is 271 g/mol. The molecule has 0 heterocycles. The number of rotatable bonds is 4. The summed E-state index contributed by atoms with van der Waals surface area (Å²) in [5.74, 6) is -0.656. The lowest BCUT2D eigenvalue weighted by atomic mass is 10.1. The van der Waals surface area contributed by atoms with Crippen LogP contribution in [0.25, 0.3) is 0 Å². The number of phenolic OH excluding ortho intramolecular Hbond substituents is 2. The van der Waals surface area contributed by atoms with Gasteiger partial charge in [0.25, 0.3) is 0 Å².